The number of nitrogens with zero attached hydrogens (tertiary/aromatic N) is 5. The van der Waals surface area contributed by atoms with E-state index in [2.05, 4.69) is 20.2 Å². The van der Waals surface area contributed by atoms with Gasteiger partial charge in [0.05, 0.1) is 26.0 Å². The Morgan fingerprint density at radius 3 is 2.95 bits per heavy atom. The van der Waals surface area contributed by atoms with E-state index in [-0.39, 0.29) is 0 Å². The lowest BCUT2D eigenvalue weighted by molar-refractivity contribution is 0.0328. The standard InChI is InChI=1S/C14H15N5O2S/c1-2-11(21-7-1)3-4-13-17-19-12(15-16-14(19)22-13)10-18-5-8-20-9-6-18/h1-4,7H,5-6,8-10H2/b4-3+. The highest BCUT2D eigenvalue weighted by molar-refractivity contribution is 7.17. The van der Waals surface area contributed by atoms with Crippen LogP contribution in [-0.2, 0) is 11.3 Å². The van der Waals surface area contributed by atoms with Gasteiger partial charge in [-0.25, -0.2) is 0 Å². The largest absolute Gasteiger partial charge is 0.465 e. The molecule has 8 heteroatoms. The van der Waals surface area contributed by atoms with Crippen molar-refractivity contribution < 1.29 is 9.15 Å². The number of rotatable bonds is 4. The van der Waals surface area contributed by atoms with Gasteiger partial charge in [-0.15, -0.1) is 10.2 Å². The predicted molar refractivity (Wildman–Crippen MR) is 82.4 cm³/mol. The summed E-state index contributed by atoms with van der Waals surface area (Å²) < 4.78 is 12.5. The van der Waals surface area contributed by atoms with Crippen molar-refractivity contribution in [2.24, 2.45) is 0 Å². The lowest BCUT2D eigenvalue weighted by Crippen LogP contribution is -2.36. The molecule has 0 unspecified atom stereocenters. The SMILES string of the molecule is C(=C\c1nn2c(CN3CCOCC3)nnc2s1)/c1ccco1. The van der Waals surface area contributed by atoms with Crippen molar-refractivity contribution in [3.8, 4) is 0 Å². The Bertz CT molecular complexity index is 770. The number of fused-ring (bicyclic) bond motifs is 1. The summed E-state index contributed by atoms with van der Waals surface area (Å²) >= 11 is 1.51. The van der Waals surface area contributed by atoms with E-state index in [0.29, 0.717) is 0 Å². The van der Waals surface area contributed by atoms with Gasteiger partial charge in [0.2, 0.25) is 4.96 Å². The first kappa shape index (κ1) is 13.6. The number of morpholine rings is 1. The monoisotopic (exact) mass is 317 g/mol. The molecule has 1 saturated heterocycles. The fourth-order valence-electron chi connectivity index (χ4n) is 2.34. The highest BCUT2D eigenvalue weighted by Crippen LogP contribution is 2.17. The van der Waals surface area contributed by atoms with E-state index in [1.165, 1.54) is 11.3 Å². The van der Waals surface area contributed by atoms with Crippen molar-refractivity contribution in [2.75, 3.05) is 26.3 Å². The summed E-state index contributed by atoms with van der Waals surface area (Å²) in [5, 5.41) is 13.9. The number of furan rings is 1. The molecular formula is C14H15N5O2S. The van der Waals surface area contributed by atoms with Crippen molar-refractivity contribution in [3.63, 3.8) is 0 Å². The fraction of sp³-hybridized carbons (Fsp3) is 0.357. The molecule has 4 rings (SSSR count). The number of hydrogen-bond acceptors (Lipinski definition) is 7. The van der Waals surface area contributed by atoms with Gasteiger partial charge in [-0.1, -0.05) is 11.3 Å². The Labute approximate surface area is 130 Å². The second-order valence-electron chi connectivity index (χ2n) is 4.99. The van der Waals surface area contributed by atoms with Crippen LogP contribution in [-0.4, -0.2) is 51.0 Å². The Balaban J connectivity index is 1.53. The highest BCUT2D eigenvalue weighted by Gasteiger charge is 2.16. The molecule has 0 amide bonds. The summed E-state index contributed by atoms with van der Waals surface area (Å²) in [6.07, 6.45) is 5.47. The first-order chi connectivity index (χ1) is 10.9. The quantitative estimate of drug-likeness (QED) is 0.730. The first-order valence-electron chi connectivity index (χ1n) is 7.11. The lowest BCUT2D eigenvalue weighted by atomic mass is 10.4. The van der Waals surface area contributed by atoms with Crippen LogP contribution in [0.1, 0.15) is 16.6 Å². The summed E-state index contributed by atoms with van der Waals surface area (Å²) in [4.78, 5) is 3.11. The van der Waals surface area contributed by atoms with Crippen LogP contribution in [0.2, 0.25) is 0 Å². The zero-order valence-electron chi connectivity index (χ0n) is 11.9. The van der Waals surface area contributed by atoms with Crippen LogP contribution in [0.15, 0.2) is 22.8 Å². The Morgan fingerprint density at radius 2 is 2.14 bits per heavy atom. The van der Waals surface area contributed by atoms with Crippen LogP contribution < -0.4 is 0 Å². The number of aromatic nitrogens is 4. The molecule has 1 aliphatic heterocycles. The molecule has 1 aliphatic rings. The molecule has 22 heavy (non-hydrogen) atoms. The van der Waals surface area contributed by atoms with Crippen LogP contribution in [0.25, 0.3) is 17.1 Å². The lowest BCUT2D eigenvalue weighted by Gasteiger charge is -2.25. The van der Waals surface area contributed by atoms with Crippen molar-refractivity contribution >= 4 is 28.4 Å². The molecule has 0 bridgehead atoms. The van der Waals surface area contributed by atoms with Gasteiger partial charge >= 0.3 is 0 Å². The third kappa shape index (κ3) is 2.80. The van der Waals surface area contributed by atoms with Crippen LogP contribution in [0, 0.1) is 0 Å². The van der Waals surface area contributed by atoms with E-state index >= 15 is 0 Å². The van der Waals surface area contributed by atoms with Gasteiger partial charge in [0, 0.05) is 13.1 Å². The van der Waals surface area contributed by atoms with Gasteiger partial charge in [-0.2, -0.15) is 9.61 Å². The van der Waals surface area contributed by atoms with Crippen molar-refractivity contribution in [1.82, 2.24) is 24.7 Å². The van der Waals surface area contributed by atoms with Gasteiger partial charge in [0.1, 0.15) is 10.8 Å². The number of ether oxygens (including phenoxy) is 1. The molecule has 4 heterocycles. The summed E-state index contributed by atoms with van der Waals surface area (Å²) in [5.41, 5.74) is 0. The molecule has 1 fully saturated rings. The average Bonchev–Trinajstić information content (AvgIpc) is 3.25. The first-order valence-corrected chi connectivity index (χ1v) is 7.93. The predicted octanol–water partition coefficient (Wildman–Crippen LogP) is 1.78. The molecule has 3 aromatic rings. The molecule has 0 spiro atoms. The fourth-order valence-corrected chi connectivity index (χ4v) is 3.10. The Kier molecular flexibility index (Phi) is 3.71. The van der Waals surface area contributed by atoms with Crippen LogP contribution >= 0.6 is 11.3 Å². The highest BCUT2D eigenvalue weighted by atomic mass is 32.1. The summed E-state index contributed by atoms with van der Waals surface area (Å²) in [5.74, 6) is 1.67. The molecule has 0 saturated carbocycles. The van der Waals surface area contributed by atoms with E-state index in [4.69, 9.17) is 9.15 Å². The van der Waals surface area contributed by atoms with Gasteiger partial charge in [0.25, 0.3) is 0 Å². The van der Waals surface area contributed by atoms with Crippen LogP contribution in [0.5, 0.6) is 0 Å². The molecule has 0 atom stereocenters. The van der Waals surface area contributed by atoms with Gasteiger partial charge in [-0.3, -0.25) is 4.90 Å². The van der Waals surface area contributed by atoms with Gasteiger partial charge < -0.3 is 9.15 Å². The molecule has 0 N–H and O–H groups in total. The van der Waals surface area contributed by atoms with E-state index in [0.717, 1.165) is 54.4 Å². The minimum absolute atomic E-state index is 0.746. The molecule has 0 aromatic carbocycles. The van der Waals surface area contributed by atoms with Crippen molar-refractivity contribution in [3.05, 3.63) is 35.0 Å². The third-order valence-corrected chi connectivity index (χ3v) is 4.34. The maximum absolute atomic E-state index is 5.36. The summed E-state index contributed by atoms with van der Waals surface area (Å²) in [6.45, 7) is 4.14. The minimum Gasteiger partial charge on any atom is -0.465 e. The summed E-state index contributed by atoms with van der Waals surface area (Å²) in [7, 11) is 0. The number of hydrogen-bond donors (Lipinski definition) is 0. The minimum atomic E-state index is 0.746. The third-order valence-electron chi connectivity index (χ3n) is 3.47. The van der Waals surface area contributed by atoms with E-state index in [9.17, 15) is 0 Å². The topological polar surface area (TPSA) is 68.7 Å². The molecule has 0 radical (unpaired) electrons. The van der Waals surface area contributed by atoms with Crippen molar-refractivity contribution in [2.45, 2.75) is 6.54 Å². The molecule has 3 aromatic heterocycles. The summed E-state index contributed by atoms with van der Waals surface area (Å²) in [6, 6.07) is 3.76. The smallest absolute Gasteiger partial charge is 0.235 e. The van der Waals surface area contributed by atoms with E-state index in [1.807, 2.05) is 28.8 Å². The van der Waals surface area contributed by atoms with Crippen molar-refractivity contribution in [1.29, 1.82) is 0 Å². The van der Waals surface area contributed by atoms with Crippen LogP contribution in [0.4, 0.5) is 0 Å². The van der Waals surface area contributed by atoms with Crippen LogP contribution in [0.3, 0.4) is 0 Å². The molecule has 114 valence electrons. The average molecular weight is 317 g/mol. The molecule has 7 nitrogen and oxygen atoms in total. The van der Waals surface area contributed by atoms with Gasteiger partial charge in [-0.05, 0) is 24.3 Å². The maximum Gasteiger partial charge on any atom is 0.235 e. The normalized spacial score (nSPS) is 16.9. The Morgan fingerprint density at radius 1 is 1.23 bits per heavy atom. The van der Waals surface area contributed by atoms with E-state index in [1.54, 1.807) is 6.26 Å². The Hall–Kier alpha value is -2.03. The molecular weight excluding hydrogens is 302 g/mol. The second-order valence-corrected chi connectivity index (χ2v) is 5.98. The van der Waals surface area contributed by atoms with E-state index < -0.39 is 0 Å². The zero-order chi connectivity index (χ0) is 14.8. The second kappa shape index (κ2) is 5.99. The maximum atomic E-state index is 5.36. The zero-order valence-corrected chi connectivity index (χ0v) is 12.7. The van der Waals surface area contributed by atoms with Gasteiger partial charge in [0.15, 0.2) is 5.82 Å². The molecule has 0 aliphatic carbocycles.